The number of hydrogen-bond donors (Lipinski definition) is 2. The molecule has 0 atom stereocenters. The highest BCUT2D eigenvalue weighted by Crippen LogP contribution is 2.52. The number of amides is 2. The van der Waals surface area contributed by atoms with E-state index in [4.69, 9.17) is 15.0 Å². The molecule has 2 aliphatic heterocycles. The SMILES string of the molecule is C=C.O=C1N(Cc2ncc3ccccc3c2-c2ccc(F)nc2)c2cnccc2C12CCCCC2.O=C1N(Cc2ncc3ccccc3c2Br)c2cnccc2C12CCCCC2.OB(O)c1ccc(F)nc1. The van der Waals surface area contributed by atoms with Gasteiger partial charge in [-0.05, 0) is 93.8 Å². The molecule has 8 heterocycles. The lowest BCUT2D eigenvalue weighted by Crippen LogP contribution is -2.41. The maximum Gasteiger partial charge on any atom is 0.490 e. The van der Waals surface area contributed by atoms with Crippen molar-refractivity contribution in [2.75, 3.05) is 9.80 Å². The van der Waals surface area contributed by atoms with Gasteiger partial charge in [0.1, 0.15) is 0 Å². The fourth-order valence-corrected chi connectivity index (χ4v) is 11.4. The molecule has 2 amide bonds. The third-order valence-corrected chi connectivity index (χ3v) is 15.2. The Kier molecular flexibility index (Phi) is 15.0. The second-order valence-corrected chi connectivity index (χ2v) is 19.1. The summed E-state index contributed by atoms with van der Waals surface area (Å²) in [6.45, 7) is 6.79. The zero-order valence-corrected chi connectivity index (χ0v) is 41.2. The molecule has 2 aromatic carbocycles. The van der Waals surface area contributed by atoms with Gasteiger partial charge in [-0.2, -0.15) is 8.78 Å². The number of carbonyl (C=O) groups excluding carboxylic acids is 2. The average Bonchev–Trinajstić information content (AvgIpc) is 3.77. The Hall–Kier alpha value is -7.14. The smallest absolute Gasteiger partial charge is 0.423 e. The first-order valence-corrected chi connectivity index (χ1v) is 24.9. The van der Waals surface area contributed by atoms with Crippen LogP contribution in [0.15, 0.2) is 152 Å². The van der Waals surface area contributed by atoms with Gasteiger partial charge in [0.2, 0.25) is 23.7 Å². The largest absolute Gasteiger partial charge is 0.490 e. The third-order valence-electron chi connectivity index (χ3n) is 14.3. The van der Waals surface area contributed by atoms with Crippen LogP contribution in [-0.4, -0.2) is 58.9 Å². The minimum atomic E-state index is -1.58. The van der Waals surface area contributed by atoms with Gasteiger partial charge in [-0.3, -0.25) is 29.5 Å². The molecular formula is C56H52BBrF2N8O4. The number of hydrogen-bond acceptors (Lipinski definition) is 10. The van der Waals surface area contributed by atoms with E-state index in [1.807, 2.05) is 89.2 Å². The molecular weight excluding hydrogens is 977 g/mol. The van der Waals surface area contributed by atoms with Gasteiger partial charge in [-0.25, -0.2) is 9.97 Å². The molecule has 364 valence electrons. The van der Waals surface area contributed by atoms with Crippen LogP contribution in [-0.2, 0) is 33.5 Å². The molecule has 72 heavy (non-hydrogen) atoms. The molecule has 2 aliphatic carbocycles. The van der Waals surface area contributed by atoms with Gasteiger partial charge in [0.05, 0.1) is 59.1 Å². The monoisotopic (exact) mass is 1030 g/mol. The number of anilines is 2. The molecule has 6 aromatic heterocycles. The summed E-state index contributed by atoms with van der Waals surface area (Å²) in [5.74, 6) is -0.803. The van der Waals surface area contributed by atoms with Crippen LogP contribution < -0.4 is 15.3 Å². The molecule has 0 unspecified atom stereocenters. The lowest BCUT2D eigenvalue weighted by atomic mass is 9.70. The molecule has 12 rings (SSSR count). The van der Waals surface area contributed by atoms with Gasteiger partial charge in [0, 0.05) is 69.0 Å². The predicted molar refractivity (Wildman–Crippen MR) is 280 cm³/mol. The quantitative estimate of drug-likeness (QED) is 0.0933. The molecule has 0 radical (unpaired) electrons. The molecule has 2 spiro atoms. The van der Waals surface area contributed by atoms with E-state index in [0.717, 1.165) is 135 Å². The van der Waals surface area contributed by atoms with Crippen LogP contribution in [0, 0.1) is 11.9 Å². The molecule has 2 N–H and O–H groups in total. The van der Waals surface area contributed by atoms with Crippen LogP contribution >= 0.6 is 15.9 Å². The van der Waals surface area contributed by atoms with Gasteiger partial charge in [0.25, 0.3) is 0 Å². The normalized spacial score (nSPS) is 16.0. The van der Waals surface area contributed by atoms with E-state index >= 15 is 0 Å². The van der Waals surface area contributed by atoms with E-state index in [-0.39, 0.29) is 22.7 Å². The Morgan fingerprint density at radius 1 is 0.569 bits per heavy atom. The van der Waals surface area contributed by atoms with Gasteiger partial charge in [-0.1, -0.05) is 93.1 Å². The minimum Gasteiger partial charge on any atom is -0.423 e. The molecule has 2 fully saturated rings. The van der Waals surface area contributed by atoms with E-state index < -0.39 is 24.4 Å². The summed E-state index contributed by atoms with van der Waals surface area (Å²) in [5.41, 5.74) is 6.74. The van der Waals surface area contributed by atoms with Crippen molar-refractivity contribution in [3.63, 3.8) is 0 Å². The van der Waals surface area contributed by atoms with E-state index in [9.17, 15) is 18.4 Å². The summed E-state index contributed by atoms with van der Waals surface area (Å²) in [6.07, 6.45) is 23.9. The van der Waals surface area contributed by atoms with Crippen molar-refractivity contribution in [1.82, 2.24) is 29.9 Å². The van der Waals surface area contributed by atoms with Crippen LogP contribution in [0.1, 0.15) is 86.7 Å². The molecule has 0 bridgehead atoms. The highest BCUT2D eigenvalue weighted by atomic mass is 79.9. The van der Waals surface area contributed by atoms with Crippen molar-refractivity contribution in [1.29, 1.82) is 0 Å². The van der Waals surface area contributed by atoms with Crippen molar-refractivity contribution in [2.24, 2.45) is 0 Å². The number of aromatic nitrogens is 6. The fourth-order valence-electron chi connectivity index (χ4n) is 10.9. The summed E-state index contributed by atoms with van der Waals surface area (Å²) >= 11 is 3.72. The second-order valence-electron chi connectivity index (χ2n) is 18.3. The topological polar surface area (TPSA) is 158 Å². The van der Waals surface area contributed by atoms with Gasteiger partial charge in [0.15, 0.2) is 0 Å². The first-order chi connectivity index (χ1) is 35.1. The summed E-state index contributed by atoms with van der Waals surface area (Å²) in [4.78, 5) is 56.4. The third kappa shape index (κ3) is 9.53. The minimum absolute atomic E-state index is 0.142. The lowest BCUT2D eigenvalue weighted by Gasteiger charge is -2.32. The Labute approximate surface area is 425 Å². The maximum absolute atomic E-state index is 13.9. The zero-order valence-electron chi connectivity index (χ0n) is 39.6. The summed E-state index contributed by atoms with van der Waals surface area (Å²) in [6, 6.07) is 25.6. The highest BCUT2D eigenvalue weighted by molar-refractivity contribution is 9.10. The number of fused-ring (bicyclic) bond motifs is 6. The maximum atomic E-state index is 13.9. The fraction of sp³-hybridized carbons (Fsp3) is 0.250. The number of nitrogens with zero attached hydrogens (tertiary/aromatic N) is 8. The van der Waals surface area contributed by atoms with E-state index in [2.05, 4.69) is 60.1 Å². The second kappa shape index (κ2) is 21.7. The highest BCUT2D eigenvalue weighted by Gasteiger charge is 2.52. The van der Waals surface area contributed by atoms with Gasteiger partial charge < -0.3 is 19.8 Å². The predicted octanol–water partition coefficient (Wildman–Crippen LogP) is 10.4. The van der Waals surface area contributed by atoms with Crippen LogP contribution in [0.4, 0.5) is 20.2 Å². The molecule has 16 heteroatoms. The molecule has 8 aromatic rings. The molecule has 4 aliphatic rings. The molecule has 12 nitrogen and oxygen atoms in total. The van der Waals surface area contributed by atoms with Crippen LogP contribution in [0.3, 0.4) is 0 Å². The lowest BCUT2D eigenvalue weighted by molar-refractivity contribution is -0.125. The van der Waals surface area contributed by atoms with Gasteiger partial charge >= 0.3 is 7.12 Å². The average molecular weight is 1030 g/mol. The van der Waals surface area contributed by atoms with Gasteiger partial charge in [-0.15, -0.1) is 13.2 Å². The van der Waals surface area contributed by atoms with Crippen molar-refractivity contribution in [2.45, 2.75) is 88.1 Å². The van der Waals surface area contributed by atoms with E-state index in [0.29, 0.717) is 13.1 Å². The van der Waals surface area contributed by atoms with Crippen LogP contribution in [0.5, 0.6) is 0 Å². The zero-order chi connectivity index (χ0) is 50.4. The Morgan fingerprint density at radius 2 is 1.06 bits per heavy atom. The number of carbonyl (C=O) groups is 2. The first kappa shape index (κ1) is 49.8. The van der Waals surface area contributed by atoms with Crippen LogP contribution in [0.25, 0.3) is 32.7 Å². The number of pyridine rings is 6. The number of rotatable bonds is 6. The number of benzene rings is 2. The Morgan fingerprint density at radius 3 is 1.57 bits per heavy atom. The van der Waals surface area contributed by atoms with Crippen molar-refractivity contribution in [3.05, 3.63) is 187 Å². The van der Waals surface area contributed by atoms with Crippen molar-refractivity contribution >= 4 is 73.2 Å². The first-order valence-electron chi connectivity index (χ1n) is 24.1. The Balaban J connectivity index is 0.000000147. The van der Waals surface area contributed by atoms with Crippen LogP contribution in [0.2, 0.25) is 0 Å². The van der Waals surface area contributed by atoms with E-state index in [1.165, 1.54) is 31.2 Å². The van der Waals surface area contributed by atoms with Crippen molar-refractivity contribution < 1.29 is 28.4 Å². The molecule has 2 saturated carbocycles. The summed E-state index contributed by atoms with van der Waals surface area (Å²) in [5, 5.41) is 21.2. The Bertz CT molecular complexity index is 3250. The summed E-state index contributed by atoms with van der Waals surface area (Å²) < 4.78 is 26.6. The standard InChI is InChI=1S/C27H23FN4O.C22H20BrN3O.C5H5BFNO2.C2H4/c28-24-9-8-19(15-31-24)25-20-7-3-2-6-18(20)14-30-22(25)17-32-23-16-29-13-10-21(23)27(26(32)33)11-4-1-5-12-27;23-20-16-7-3-2-6-15(16)12-25-18(20)14-26-19-13-24-11-8-17(19)22(21(26)27)9-4-1-5-10-22;7-5-2-1-4(3-8-5)6(9)10;1-2/h2-3,6-10,13-16H,1,4-5,11-12,17H2;2-3,6-8,11-13H,1,4-5,9-10,14H2;1-3,9-10H;1-2H2. The summed E-state index contributed by atoms with van der Waals surface area (Å²) in [7, 11) is -1.58. The molecule has 0 saturated heterocycles. The number of halogens is 3. The van der Waals surface area contributed by atoms with Crippen molar-refractivity contribution in [3.8, 4) is 11.1 Å². The van der Waals surface area contributed by atoms with E-state index in [1.54, 1.807) is 18.5 Å².